The van der Waals surface area contributed by atoms with E-state index in [0.29, 0.717) is 0 Å². The number of fused-ring (bicyclic) bond motifs is 1. The topological polar surface area (TPSA) is 21.3 Å². The Kier molecular flexibility index (Phi) is 2.70. The normalized spacial score (nSPS) is 21.5. The Morgan fingerprint density at radius 3 is 2.76 bits per heavy atom. The van der Waals surface area contributed by atoms with Crippen LogP contribution in [0.15, 0.2) is 12.1 Å². The minimum absolute atomic E-state index is 0.0316. The monoisotopic (exact) mass is 251 g/mol. The number of rotatable bonds is 0. The summed E-state index contributed by atoms with van der Waals surface area (Å²) >= 11 is 6.06. The van der Waals surface area contributed by atoms with Crippen LogP contribution in [-0.2, 0) is 0 Å². The number of hydrogen-bond acceptors (Lipinski definition) is 2. The van der Waals surface area contributed by atoms with E-state index < -0.39 is 0 Å². The molecule has 0 bridgehead atoms. The first-order valence-electron chi connectivity index (χ1n) is 6.42. The van der Waals surface area contributed by atoms with E-state index in [0.717, 1.165) is 28.6 Å². The van der Waals surface area contributed by atoms with Gasteiger partial charge in [-0.2, -0.15) is 0 Å². The zero-order valence-corrected chi connectivity index (χ0v) is 10.9. The van der Waals surface area contributed by atoms with Gasteiger partial charge in [-0.3, -0.25) is 0 Å². The molecule has 1 aliphatic heterocycles. The molecule has 3 rings (SSSR count). The third-order valence-corrected chi connectivity index (χ3v) is 4.14. The van der Waals surface area contributed by atoms with Crippen molar-refractivity contribution in [3.8, 4) is 5.75 Å². The van der Waals surface area contributed by atoms with Gasteiger partial charge in [0.25, 0.3) is 0 Å². The molecule has 0 saturated heterocycles. The third-order valence-electron chi connectivity index (χ3n) is 3.92. The second-order valence-corrected chi connectivity index (χ2v) is 5.74. The molecule has 0 amide bonds. The maximum absolute atomic E-state index is 6.33. The number of nitrogens with one attached hydrogen (secondary N) is 1. The van der Waals surface area contributed by atoms with Crippen molar-refractivity contribution in [2.75, 3.05) is 11.9 Å². The van der Waals surface area contributed by atoms with Crippen molar-refractivity contribution >= 4 is 17.3 Å². The van der Waals surface area contributed by atoms with Crippen molar-refractivity contribution in [2.45, 2.75) is 44.6 Å². The molecular formula is C14H18ClNO. The summed E-state index contributed by atoms with van der Waals surface area (Å²) in [6, 6.07) is 3.93. The molecule has 1 saturated carbocycles. The molecule has 0 atom stereocenters. The summed E-state index contributed by atoms with van der Waals surface area (Å²) in [5.41, 5.74) is 2.21. The lowest BCUT2D eigenvalue weighted by Gasteiger charge is -2.42. The first kappa shape index (κ1) is 11.2. The lowest BCUT2D eigenvalue weighted by molar-refractivity contribution is 0.0362. The Morgan fingerprint density at radius 2 is 2.00 bits per heavy atom. The molecule has 0 aromatic heterocycles. The molecule has 0 radical (unpaired) electrons. The molecule has 2 aliphatic rings. The molecule has 92 valence electrons. The Morgan fingerprint density at radius 1 is 1.24 bits per heavy atom. The minimum atomic E-state index is 0.0316. The van der Waals surface area contributed by atoms with E-state index in [9.17, 15) is 0 Å². The Balaban J connectivity index is 1.94. The molecule has 1 spiro atoms. The molecule has 1 aromatic rings. The number of hydrogen-bond donors (Lipinski definition) is 1. The van der Waals surface area contributed by atoms with Gasteiger partial charge in [-0.1, -0.05) is 18.0 Å². The Labute approximate surface area is 107 Å². The van der Waals surface area contributed by atoms with Crippen LogP contribution in [0.25, 0.3) is 0 Å². The summed E-state index contributed by atoms with van der Waals surface area (Å²) in [4.78, 5) is 0. The molecule has 0 unspecified atom stereocenters. The molecule has 2 nitrogen and oxygen atoms in total. The van der Waals surface area contributed by atoms with Crippen LogP contribution in [0.2, 0.25) is 5.02 Å². The maximum Gasteiger partial charge on any atom is 0.146 e. The molecule has 1 heterocycles. The highest BCUT2D eigenvalue weighted by Gasteiger charge is 2.38. The van der Waals surface area contributed by atoms with E-state index in [2.05, 4.69) is 12.2 Å². The summed E-state index contributed by atoms with van der Waals surface area (Å²) in [7, 11) is 0. The third kappa shape index (κ3) is 1.99. The number of anilines is 1. The van der Waals surface area contributed by atoms with E-state index in [1.807, 2.05) is 12.1 Å². The molecule has 17 heavy (non-hydrogen) atoms. The molecule has 1 N–H and O–H groups in total. The van der Waals surface area contributed by atoms with Gasteiger partial charge < -0.3 is 10.1 Å². The highest BCUT2D eigenvalue weighted by molar-refractivity contribution is 6.31. The van der Waals surface area contributed by atoms with Crippen LogP contribution in [0.1, 0.15) is 37.7 Å². The summed E-state index contributed by atoms with van der Waals surface area (Å²) in [6.45, 7) is 2.98. The van der Waals surface area contributed by atoms with Crippen molar-refractivity contribution in [1.82, 2.24) is 0 Å². The van der Waals surface area contributed by atoms with Gasteiger partial charge in [0.2, 0.25) is 0 Å². The van der Waals surface area contributed by atoms with Crippen LogP contribution in [-0.4, -0.2) is 12.1 Å². The predicted molar refractivity (Wildman–Crippen MR) is 71.1 cm³/mol. The van der Waals surface area contributed by atoms with Gasteiger partial charge in [0.1, 0.15) is 11.4 Å². The summed E-state index contributed by atoms with van der Waals surface area (Å²) < 4.78 is 6.33. The lowest BCUT2D eigenvalue weighted by Crippen LogP contribution is -2.47. The molecule has 3 heteroatoms. The molecule has 1 aliphatic carbocycles. The van der Waals surface area contributed by atoms with Crippen molar-refractivity contribution in [3.63, 3.8) is 0 Å². The highest BCUT2D eigenvalue weighted by atomic mass is 35.5. The zero-order chi connectivity index (χ0) is 11.9. The fourth-order valence-corrected chi connectivity index (χ4v) is 3.25. The van der Waals surface area contributed by atoms with Crippen LogP contribution >= 0.6 is 11.6 Å². The first-order chi connectivity index (χ1) is 8.19. The summed E-state index contributed by atoms with van der Waals surface area (Å²) in [5, 5.41) is 4.27. The van der Waals surface area contributed by atoms with Gasteiger partial charge in [0, 0.05) is 5.02 Å². The van der Waals surface area contributed by atoms with E-state index in [1.54, 1.807) is 0 Å². The van der Waals surface area contributed by atoms with Gasteiger partial charge in [-0.05, 0) is 50.3 Å². The fourth-order valence-electron chi connectivity index (χ4n) is 2.98. The van der Waals surface area contributed by atoms with Crippen LogP contribution in [0.3, 0.4) is 0 Å². The quantitative estimate of drug-likeness (QED) is 0.748. The largest absolute Gasteiger partial charge is 0.483 e. The van der Waals surface area contributed by atoms with Crippen LogP contribution < -0.4 is 10.1 Å². The van der Waals surface area contributed by atoms with Crippen LogP contribution in [0.4, 0.5) is 5.69 Å². The number of halogens is 1. The van der Waals surface area contributed by atoms with Gasteiger partial charge in [-0.15, -0.1) is 0 Å². The van der Waals surface area contributed by atoms with Crippen LogP contribution in [0.5, 0.6) is 5.75 Å². The van der Waals surface area contributed by atoms with Crippen molar-refractivity contribution < 1.29 is 4.74 Å². The maximum atomic E-state index is 6.33. The standard InChI is InChI=1S/C14H18ClNO/c1-10-7-11(15)8-12-13(10)17-14(9-16-12)5-3-2-4-6-14/h7-8,16H,2-6,9H2,1H3. The molecule has 1 fully saturated rings. The van der Waals surface area contributed by atoms with Gasteiger partial charge in [0.15, 0.2) is 0 Å². The SMILES string of the molecule is Cc1cc(Cl)cc2c1OC1(CCCCC1)CN2. The average Bonchev–Trinajstić information content (AvgIpc) is 2.32. The van der Waals surface area contributed by atoms with Gasteiger partial charge >= 0.3 is 0 Å². The molecule has 1 aromatic carbocycles. The summed E-state index contributed by atoms with van der Waals surface area (Å²) in [5.74, 6) is 1.00. The van der Waals surface area contributed by atoms with Gasteiger partial charge in [0.05, 0.1) is 12.2 Å². The lowest BCUT2D eigenvalue weighted by atomic mass is 9.83. The number of benzene rings is 1. The van der Waals surface area contributed by atoms with Crippen molar-refractivity contribution in [3.05, 3.63) is 22.7 Å². The van der Waals surface area contributed by atoms with E-state index in [-0.39, 0.29) is 5.60 Å². The minimum Gasteiger partial charge on any atom is -0.483 e. The van der Waals surface area contributed by atoms with Crippen LogP contribution in [0, 0.1) is 6.92 Å². The zero-order valence-electron chi connectivity index (χ0n) is 10.2. The van der Waals surface area contributed by atoms with Gasteiger partial charge in [-0.25, -0.2) is 0 Å². The summed E-state index contributed by atoms with van der Waals surface area (Å²) in [6.07, 6.45) is 6.24. The predicted octanol–water partition coefficient (Wildman–Crippen LogP) is 4.16. The van der Waals surface area contributed by atoms with Crippen molar-refractivity contribution in [2.24, 2.45) is 0 Å². The Hall–Kier alpha value is -0.890. The molecular weight excluding hydrogens is 234 g/mol. The first-order valence-corrected chi connectivity index (χ1v) is 6.79. The van der Waals surface area contributed by atoms with E-state index >= 15 is 0 Å². The van der Waals surface area contributed by atoms with Crippen molar-refractivity contribution in [1.29, 1.82) is 0 Å². The number of ether oxygens (including phenoxy) is 1. The number of aryl methyl sites for hydroxylation is 1. The smallest absolute Gasteiger partial charge is 0.146 e. The average molecular weight is 252 g/mol. The second kappa shape index (κ2) is 4.09. The fraction of sp³-hybridized carbons (Fsp3) is 0.571. The second-order valence-electron chi connectivity index (χ2n) is 5.30. The van der Waals surface area contributed by atoms with E-state index in [4.69, 9.17) is 16.3 Å². The Bertz CT molecular complexity index is 438. The highest BCUT2D eigenvalue weighted by Crippen LogP contribution is 2.42. The van der Waals surface area contributed by atoms with E-state index in [1.165, 1.54) is 32.1 Å².